The van der Waals surface area contributed by atoms with Crippen LogP contribution in [0.4, 0.5) is 13.2 Å². The lowest BCUT2D eigenvalue weighted by Crippen LogP contribution is -1.96. The lowest BCUT2D eigenvalue weighted by molar-refractivity contribution is 0.401. The van der Waals surface area contributed by atoms with Crippen molar-refractivity contribution in [2.75, 3.05) is 6.61 Å². The van der Waals surface area contributed by atoms with Crippen LogP contribution in [0.1, 0.15) is 41.7 Å². The van der Waals surface area contributed by atoms with Gasteiger partial charge in [-0.25, -0.2) is 13.2 Å². The van der Waals surface area contributed by atoms with Crippen molar-refractivity contribution >= 4 is 12.2 Å². The van der Waals surface area contributed by atoms with Crippen LogP contribution in [0.25, 0.3) is 23.3 Å². The third kappa shape index (κ3) is 4.28. The van der Waals surface area contributed by atoms with E-state index < -0.39 is 11.6 Å². The molecule has 1 saturated heterocycles. The fraction of sp³-hybridized carbons (Fsp3) is 0.200. The summed E-state index contributed by atoms with van der Waals surface area (Å²) in [6.45, 7) is 2.49. The molecular weight excluding hydrogens is 373 g/mol. The molecule has 0 saturated carbocycles. The van der Waals surface area contributed by atoms with Gasteiger partial charge in [0.15, 0.2) is 11.6 Å². The molecule has 0 amide bonds. The third-order valence-electron chi connectivity index (χ3n) is 5.07. The summed E-state index contributed by atoms with van der Waals surface area (Å²) in [4.78, 5) is 0. The van der Waals surface area contributed by atoms with Crippen molar-refractivity contribution in [2.24, 2.45) is 0 Å². The minimum absolute atomic E-state index is 0.208. The molecule has 29 heavy (non-hydrogen) atoms. The molecule has 3 aromatic rings. The van der Waals surface area contributed by atoms with Crippen LogP contribution in [0.15, 0.2) is 54.6 Å². The van der Waals surface area contributed by atoms with E-state index in [1.54, 1.807) is 60.7 Å². The highest BCUT2D eigenvalue weighted by Gasteiger charge is 2.30. The predicted molar refractivity (Wildman–Crippen MR) is 110 cm³/mol. The molecule has 1 atom stereocenters. The normalized spacial score (nSPS) is 15.8. The van der Waals surface area contributed by atoms with Crippen molar-refractivity contribution in [1.29, 1.82) is 0 Å². The van der Waals surface area contributed by atoms with Crippen LogP contribution in [-0.4, -0.2) is 6.61 Å². The smallest absolute Gasteiger partial charge is 0.167 e. The van der Waals surface area contributed by atoms with Gasteiger partial charge < -0.3 is 4.74 Å². The van der Waals surface area contributed by atoms with Crippen molar-refractivity contribution in [3.63, 3.8) is 0 Å². The molecule has 3 aromatic carbocycles. The molecule has 4 heteroatoms. The first-order valence-corrected chi connectivity index (χ1v) is 9.73. The van der Waals surface area contributed by atoms with E-state index in [4.69, 9.17) is 4.74 Å². The molecule has 1 aliphatic rings. The predicted octanol–water partition coefficient (Wildman–Crippen LogP) is 6.97. The summed E-state index contributed by atoms with van der Waals surface area (Å²) in [6.07, 6.45) is 5.01. The van der Waals surface area contributed by atoms with Crippen molar-refractivity contribution in [3.8, 4) is 11.1 Å². The van der Waals surface area contributed by atoms with Crippen LogP contribution >= 0.6 is 0 Å². The number of benzene rings is 3. The van der Waals surface area contributed by atoms with Gasteiger partial charge in [0, 0.05) is 16.7 Å². The van der Waals surface area contributed by atoms with E-state index in [-0.39, 0.29) is 23.0 Å². The van der Waals surface area contributed by atoms with E-state index in [1.807, 2.05) is 6.07 Å². The zero-order valence-corrected chi connectivity index (χ0v) is 16.1. The SMILES string of the molecule is CCCc1ccc(/C=C/c2ccc(-c3ccc(C4CO4)c(F)c3F)cc2)c(F)c1. The summed E-state index contributed by atoms with van der Waals surface area (Å²) in [5.74, 6) is -1.97. The number of halogens is 3. The van der Waals surface area contributed by atoms with Gasteiger partial charge in [0.05, 0.1) is 6.61 Å². The molecule has 1 fully saturated rings. The van der Waals surface area contributed by atoms with Crippen LogP contribution in [0.2, 0.25) is 0 Å². The average Bonchev–Trinajstić information content (AvgIpc) is 3.55. The molecule has 0 N–H and O–H groups in total. The molecule has 0 spiro atoms. The summed E-state index contributed by atoms with van der Waals surface area (Å²) >= 11 is 0. The topological polar surface area (TPSA) is 12.5 Å². The highest BCUT2D eigenvalue weighted by Crippen LogP contribution is 2.35. The minimum atomic E-state index is -0.865. The molecule has 0 bridgehead atoms. The maximum atomic E-state index is 14.5. The monoisotopic (exact) mass is 394 g/mol. The average molecular weight is 394 g/mol. The molecule has 1 heterocycles. The maximum absolute atomic E-state index is 14.5. The Balaban J connectivity index is 1.53. The Morgan fingerprint density at radius 1 is 0.931 bits per heavy atom. The molecule has 0 aliphatic carbocycles. The zero-order valence-electron chi connectivity index (χ0n) is 16.1. The van der Waals surface area contributed by atoms with Gasteiger partial charge in [0.2, 0.25) is 0 Å². The fourth-order valence-electron chi connectivity index (χ4n) is 3.37. The van der Waals surface area contributed by atoms with Gasteiger partial charge in [-0.3, -0.25) is 0 Å². The second-order valence-electron chi connectivity index (χ2n) is 7.21. The zero-order chi connectivity index (χ0) is 20.4. The number of ether oxygens (including phenoxy) is 1. The van der Waals surface area contributed by atoms with E-state index >= 15 is 0 Å². The second-order valence-corrected chi connectivity index (χ2v) is 7.21. The molecule has 148 valence electrons. The van der Waals surface area contributed by atoms with Gasteiger partial charge in [-0.1, -0.05) is 74.0 Å². The first-order chi connectivity index (χ1) is 14.1. The summed E-state index contributed by atoms with van der Waals surface area (Å²) in [5.41, 5.74) is 3.39. The Hall–Kier alpha value is -2.85. The Labute approximate surface area is 168 Å². The molecule has 1 unspecified atom stereocenters. The molecule has 1 aliphatic heterocycles. The van der Waals surface area contributed by atoms with Gasteiger partial charge in [-0.15, -0.1) is 0 Å². The van der Waals surface area contributed by atoms with E-state index in [1.165, 1.54) is 0 Å². The van der Waals surface area contributed by atoms with Crippen LogP contribution in [-0.2, 0) is 11.2 Å². The van der Waals surface area contributed by atoms with Gasteiger partial charge in [-0.2, -0.15) is 0 Å². The van der Waals surface area contributed by atoms with E-state index in [9.17, 15) is 13.2 Å². The van der Waals surface area contributed by atoms with Crippen LogP contribution < -0.4 is 0 Å². The van der Waals surface area contributed by atoms with E-state index in [2.05, 4.69) is 6.92 Å². The van der Waals surface area contributed by atoms with Gasteiger partial charge in [-0.05, 0) is 29.2 Å². The number of hydrogen-bond acceptors (Lipinski definition) is 1. The van der Waals surface area contributed by atoms with Crippen molar-refractivity contribution in [1.82, 2.24) is 0 Å². The van der Waals surface area contributed by atoms with Gasteiger partial charge in [0.25, 0.3) is 0 Å². The molecule has 0 aromatic heterocycles. The molecule has 0 radical (unpaired) electrons. The second kappa shape index (κ2) is 8.26. The van der Waals surface area contributed by atoms with Crippen molar-refractivity contribution in [3.05, 3.63) is 94.3 Å². The van der Waals surface area contributed by atoms with Crippen molar-refractivity contribution < 1.29 is 17.9 Å². The molecule has 1 nitrogen and oxygen atoms in total. The Bertz CT molecular complexity index is 1050. The van der Waals surface area contributed by atoms with E-state index in [0.717, 1.165) is 24.0 Å². The Morgan fingerprint density at radius 3 is 2.34 bits per heavy atom. The maximum Gasteiger partial charge on any atom is 0.167 e. The quantitative estimate of drug-likeness (QED) is 0.325. The highest BCUT2D eigenvalue weighted by atomic mass is 19.2. The fourth-order valence-corrected chi connectivity index (χ4v) is 3.37. The number of hydrogen-bond donors (Lipinski definition) is 0. The lowest BCUT2D eigenvalue weighted by atomic mass is 10.00. The minimum Gasteiger partial charge on any atom is -0.368 e. The highest BCUT2D eigenvalue weighted by molar-refractivity contribution is 5.72. The Kier molecular flexibility index (Phi) is 5.54. The van der Waals surface area contributed by atoms with E-state index in [0.29, 0.717) is 17.7 Å². The van der Waals surface area contributed by atoms with Crippen LogP contribution in [0.3, 0.4) is 0 Å². The van der Waals surface area contributed by atoms with Crippen molar-refractivity contribution in [2.45, 2.75) is 25.9 Å². The number of rotatable bonds is 6. The largest absolute Gasteiger partial charge is 0.368 e. The van der Waals surface area contributed by atoms with Gasteiger partial charge >= 0.3 is 0 Å². The summed E-state index contributed by atoms with van der Waals surface area (Å²) in [5, 5.41) is 0. The lowest BCUT2D eigenvalue weighted by Gasteiger charge is -2.08. The molecular formula is C25H21F3O. The standard InChI is InChI=1S/C25H21F3O/c1-2-3-17-7-11-19(22(26)14-17)10-6-16-4-8-18(9-5-16)20-12-13-21(23-15-29-23)25(28)24(20)27/h4-14,23H,2-3,15H2,1H3/b10-6+. The summed E-state index contributed by atoms with van der Waals surface area (Å²) < 4.78 is 47.9. The summed E-state index contributed by atoms with van der Waals surface area (Å²) in [6, 6.07) is 15.5. The molecule has 4 rings (SSSR count). The first kappa shape index (κ1) is 19.5. The van der Waals surface area contributed by atoms with Gasteiger partial charge in [0.1, 0.15) is 11.9 Å². The Morgan fingerprint density at radius 2 is 1.69 bits per heavy atom. The third-order valence-corrected chi connectivity index (χ3v) is 5.07. The number of aryl methyl sites for hydroxylation is 1. The first-order valence-electron chi connectivity index (χ1n) is 9.73. The van der Waals surface area contributed by atoms with Crippen LogP contribution in [0.5, 0.6) is 0 Å². The van der Waals surface area contributed by atoms with Crippen LogP contribution in [0, 0.1) is 17.5 Å². The summed E-state index contributed by atoms with van der Waals surface area (Å²) in [7, 11) is 0. The number of epoxide rings is 1.